The maximum atomic E-state index is 11.1. The van der Waals surface area contributed by atoms with Crippen LogP contribution in [0.3, 0.4) is 0 Å². The fraction of sp³-hybridized carbons (Fsp3) is 0.750. The minimum Gasteiger partial charge on any atom is -0.479 e. The summed E-state index contributed by atoms with van der Waals surface area (Å²) in [7, 11) is 0. The molecule has 86 valence electrons. The highest BCUT2D eigenvalue weighted by atomic mass is 32.2. The molecule has 0 aromatic rings. The molecule has 6 nitrogen and oxygen atoms in total. The number of nitrogens with one attached hydrogen (secondary N) is 2. The first-order valence-corrected chi connectivity index (χ1v) is 5.82. The lowest BCUT2D eigenvalue weighted by Crippen LogP contribution is -2.44. The summed E-state index contributed by atoms with van der Waals surface area (Å²) in [5, 5.41) is 11.0. The van der Waals surface area contributed by atoms with Gasteiger partial charge in [-0.15, -0.1) is 0 Å². The predicted molar refractivity (Wildman–Crippen MR) is 55.6 cm³/mol. The molecule has 0 bridgehead atoms. The van der Waals surface area contributed by atoms with Crippen molar-refractivity contribution in [2.45, 2.75) is 18.9 Å². The van der Waals surface area contributed by atoms with Gasteiger partial charge in [0, 0.05) is 6.04 Å². The lowest BCUT2D eigenvalue weighted by atomic mass is 10.2. The standard InChI is InChI=1S/C8H14N2O4S/c11-7(12)5-14-10-8(13)9-6-1-3-15-4-2-6/h6H,1-5H2,(H,11,12)(H2,9,10,13). The molecule has 1 saturated heterocycles. The summed E-state index contributed by atoms with van der Waals surface area (Å²) in [6, 6.07) is -0.312. The number of hydrogen-bond donors (Lipinski definition) is 3. The third kappa shape index (κ3) is 5.48. The van der Waals surface area contributed by atoms with Gasteiger partial charge in [0.1, 0.15) is 0 Å². The van der Waals surface area contributed by atoms with Crippen LogP contribution in [0, 0.1) is 0 Å². The van der Waals surface area contributed by atoms with Gasteiger partial charge in [-0.05, 0) is 24.3 Å². The van der Waals surface area contributed by atoms with E-state index in [4.69, 9.17) is 5.11 Å². The monoisotopic (exact) mass is 234 g/mol. The van der Waals surface area contributed by atoms with Crippen LogP contribution < -0.4 is 10.8 Å². The van der Waals surface area contributed by atoms with Crippen molar-refractivity contribution in [3.63, 3.8) is 0 Å². The molecule has 0 unspecified atom stereocenters. The number of amides is 2. The van der Waals surface area contributed by atoms with Gasteiger partial charge >= 0.3 is 12.0 Å². The van der Waals surface area contributed by atoms with Crippen LogP contribution in [0.1, 0.15) is 12.8 Å². The second kappa shape index (κ2) is 6.52. The van der Waals surface area contributed by atoms with Crippen LogP contribution in [-0.4, -0.2) is 41.3 Å². The molecule has 0 radical (unpaired) electrons. The highest BCUT2D eigenvalue weighted by molar-refractivity contribution is 7.99. The van der Waals surface area contributed by atoms with Gasteiger partial charge in [0.2, 0.25) is 0 Å². The van der Waals surface area contributed by atoms with Crippen LogP contribution in [0.25, 0.3) is 0 Å². The molecular weight excluding hydrogens is 220 g/mol. The zero-order chi connectivity index (χ0) is 11.1. The molecule has 7 heteroatoms. The SMILES string of the molecule is O=C(O)CONC(=O)NC1CCSCC1. The van der Waals surface area contributed by atoms with E-state index in [0.29, 0.717) is 0 Å². The number of thioether (sulfide) groups is 1. The molecule has 0 saturated carbocycles. The Morgan fingerprint density at radius 1 is 1.40 bits per heavy atom. The summed E-state index contributed by atoms with van der Waals surface area (Å²) in [6.45, 7) is -0.534. The molecule has 0 aromatic heterocycles. The summed E-state index contributed by atoms with van der Waals surface area (Å²) in [5.41, 5.74) is 2.02. The van der Waals surface area contributed by atoms with E-state index in [0.717, 1.165) is 24.3 Å². The number of carboxylic acids is 1. The number of carbonyl (C=O) groups excluding carboxylic acids is 1. The first kappa shape index (κ1) is 12.1. The number of aliphatic carboxylic acids is 1. The first-order valence-electron chi connectivity index (χ1n) is 4.66. The van der Waals surface area contributed by atoms with Gasteiger partial charge in [0.15, 0.2) is 6.61 Å². The minimum absolute atomic E-state index is 0.166. The lowest BCUT2D eigenvalue weighted by molar-refractivity contribution is -0.144. The average molecular weight is 234 g/mol. The first-order chi connectivity index (χ1) is 7.18. The maximum Gasteiger partial charge on any atom is 0.338 e. The van der Waals surface area contributed by atoms with Gasteiger partial charge in [-0.25, -0.2) is 15.1 Å². The number of carbonyl (C=O) groups is 2. The van der Waals surface area contributed by atoms with Crippen molar-refractivity contribution in [1.29, 1.82) is 0 Å². The van der Waals surface area contributed by atoms with Gasteiger partial charge in [0.25, 0.3) is 0 Å². The van der Waals surface area contributed by atoms with E-state index < -0.39 is 18.6 Å². The third-order valence-electron chi connectivity index (χ3n) is 1.92. The smallest absolute Gasteiger partial charge is 0.338 e. The van der Waals surface area contributed by atoms with Gasteiger partial charge in [-0.3, -0.25) is 4.84 Å². The molecule has 0 atom stereocenters. The average Bonchev–Trinajstić information content (AvgIpc) is 2.18. The molecule has 1 aliphatic heterocycles. The van der Waals surface area contributed by atoms with Crippen LogP contribution in [0.2, 0.25) is 0 Å². The quantitative estimate of drug-likeness (QED) is 0.605. The fourth-order valence-electron chi connectivity index (χ4n) is 1.22. The van der Waals surface area contributed by atoms with E-state index in [1.54, 1.807) is 0 Å². The van der Waals surface area contributed by atoms with Crippen LogP contribution in [0.5, 0.6) is 0 Å². The van der Waals surface area contributed by atoms with Crippen molar-refractivity contribution in [2.24, 2.45) is 0 Å². The normalized spacial score (nSPS) is 17.1. The summed E-state index contributed by atoms with van der Waals surface area (Å²) < 4.78 is 0. The third-order valence-corrected chi connectivity index (χ3v) is 2.97. The number of hydrogen-bond acceptors (Lipinski definition) is 4. The molecule has 2 amide bonds. The van der Waals surface area contributed by atoms with Crippen molar-refractivity contribution in [3.05, 3.63) is 0 Å². The van der Waals surface area contributed by atoms with Crippen molar-refractivity contribution < 1.29 is 19.5 Å². The molecule has 0 aromatic carbocycles. The van der Waals surface area contributed by atoms with Crippen molar-refractivity contribution in [1.82, 2.24) is 10.8 Å². The Kier molecular flexibility index (Phi) is 5.27. The number of carboxylic acid groups (broad SMARTS) is 1. The van der Waals surface area contributed by atoms with Crippen molar-refractivity contribution >= 4 is 23.8 Å². The van der Waals surface area contributed by atoms with Crippen LogP contribution in [0.4, 0.5) is 4.79 Å². The van der Waals surface area contributed by atoms with Crippen molar-refractivity contribution in [2.75, 3.05) is 18.1 Å². The molecule has 0 aliphatic carbocycles. The Balaban J connectivity index is 2.09. The Morgan fingerprint density at radius 2 is 2.07 bits per heavy atom. The largest absolute Gasteiger partial charge is 0.479 e. The van der Waals surface area contributed by atoms with E-state index in [1.807, 2.05) is 17.2 Å². The molecule has 1 heterocycles. The molecular formula is C8H14N2O4S. The van der Waals surface area contributed by atoms with Crippen LogP contribution in [-0.2, 0) is 9.63 Å². The number of hydroxylamine groups is 1. The molecule has 15 heavy (non-hydrogen) atoms. The second-order valence-corrected chi connectivity index (χ2v) is 4.37. The van der Waals surface area contributed by atoms with Gasteiger partial charge in [-0.2, -0.15) is 11.8 Å². The zero-order valence-electron chi connectivity index (χ0n) is 8.19. The van der Waals surface area contributed by atoms with E-state index in [9.17, 15) is 9.59 Å². The van der Waals surface area contributed by atoms with Crippen LogP contribution >= 0.6 is 11.8 Å². The van der Waals surface area contributed by atoms with E-state index in [-0.39, 0.29) is 6.04 Å². The Bertz CT molecular complexity index is 231. The zero-order valence-corrected chi connectivity index (χ0v) is 9.01. The topological polar surface area (TPSA) is 87.7 Å². The maximum absolute atomic E-state index is 11.1. The highest BCUT2D eigenvalue weighted by Gasteiger charge is 2.15. The summed E-state index contributed by atoms with van der Waals surface area (Å²) in [6.07, 6.45) is 1.88. The van der Waals surface area contributed by atoms with Crippen LogP contribution in [0.15, 0.2) is 0 Å². The van der Waals surface area contributed by atoms with Gasteiger partial charge in [-0.1, -0.05) is 0 Å². The molecule has 1 aliphatic rings. The van der Waals surface area contributed by atoms with Crippen molar-refractivity contribution in [3.8, 4) is 0 Å². The molecule has 0 spiro atoms. The Morgan fingerprint density at radius 3 is 2.67 bits per heavy atom. The molecule has 1 fully saturated rings. The molecule has 3 N–H and O–H groups in total. The predicted octanol–water partition coefficient (Wildman–Crippen LogP) is 0.197. The van der Waals surface area contributed by atoms with E-state index >= 15 is 0 Å². The van der Waals surface area contributed by atoms with Gasteiger partial charge < -0.3 is 10.4 Å². The summed E-state index contributed by atoms with van der Waals surface area (Å²) in [4.78, 5) is 25.6. The fourth-order valence-corrected chi connectivity index (χ4v) is 2.33. The second-order valence-electron chi connectivity index (χ2n) is 3.14. The molecule has 1 rings (SSSR count). The summed E-state index contributed by atoms with van der Waals surface area (Å²) in [5.74, 6) is 0.964. The lowest BCUT2D eigenvalue weighted by Gasteiger charge is -2.22. The number of urea groups is 1. The Hall–Kier alpha value is -0.950. The minimum atomic E-state index is -1.12. The van der Waals surface area contributed by atoms with E-state index in [2.05, 4.69) is 10.2 Å². The Labute approximate surface area is 91.7 Å². The summed E-state index contributed by atoms with van der Waals surface area (Å²) >= 11 is 1.87. The number of rotatable bonds is 4. The van der Waals surface area contributed by atoms with E-state index in [1.165, 1.54) is 0 Å². The van der Waals surface area contributed by atoms with Gasteiger partial charge in [0.05, 0.1) is 0 Å². The highest BCUT2D eigenvalue weighted by Crippen LogP contribution is 2.16.